The molecule has 2 rings (SSSR count). The molecule has 0 aliphatic carbocycles. The predicted octanol–water partition coefficient (Wildman–Crippen LogP) is 3.52. The zero-order valence-corrected chi connectivity index (χ0v) is 13.7. The van der Waals surface area contributed by atoms with Crippen molar-refractivity contribution in [3.05, 3.63) is 62.9 Å². The third kappa shape index (κ3) is 3.45. The maximum absolute atomic E-state index is 5.77. The molecule has 1 aromatic heterocycles. The van der Waals surface area contributed by atoms with E-state index in [1.165, 1.54) is 22.3 Å². The van der Waals surface area contributed by atoms with Crippen molar-refractivity contribution < 1.29 is 0 Å². The van der Waals surface area contributed by atoms with Gasteiger partial charge in [-0.15, -0.1) is 0 Å². The van der Waals surface area contributed by atoms with Crippen LogP contribution in [0.25, 0.3) is 0 Å². The zero-order chi connectivity index (χ0) is 14.7. The lowest BCUT2D eigenvalue weighted by Crippen LogP contribution is -2.31. The molecule has 1 atom stereocenters. The van der Waals surface area contributed by atoms with Crippen LogP contribution in [-0.2, 0) is 6.42 Å². The molecule has 0 bridgehead atoms. The number of benzene rings is 1. The maximum Gasteiger partial charge on any atom is 0.0520 e. The van der Waals surface area contributed by atoms with Crippen LogP contribution >= 0.6 is 15.9 Å². The first kappa shape index (κ1) is 15.2. The summed E-state index contributed by atoms with van der Waals surface area (Å²) >= 11 is 3.40. The van der Waals surface area contributed by atoms with Gasteiger partial charge >= 0.3 is 0 Å². The molecule has 0 aliphatic heterocycles. The number of hydrogen-bond acceptors (Lipinski definition) is 3. The lowest BCUT2D eigenvalue weighted by Gasteiger charge is -2.21. The fourth-order valence-electron chi connectivity index (χ4n) is 2.72. The van der Waals surface area contributed by atoms with Crippen LogP contribution in [-0.4, -0.2) is 4.98 Å². The van der Waals surface area contributed by atoms with Gasteiger partial charge in [-0.1, -0.05) is 17.7 Å². The maximum atomic E-state index is 5.77. The molecule has 1 aromatic carbocycles. The molecule has 20 heavy (non-hydrogen) atoms. The number of rotatable bonds is 4. The molecular weight excluding hydrogens is 314 g/mol. The number of nitrogens with two attached hydrogens (primary N) is 1. The van der Waals surface area contributed by atoms with E-state index < -0.39 is 0 Å². The highest BCUT2D eigenvalue weighted by Gasteiger charge is 2.16. The van der Waals surface area contributed by atoms with E-state index in [0.29, 0.717) is 0 Å². The molecule has 1 heterocycles. The number of aromatic nitrogens is 1. The summed E-state index contributed by atoms with van der Waals surface area (Å²) in [5.74, 6) is 5.77. The lowest BCUT2D eigenvalue weighted by molar-refractivity contribution is 0.541. The van der Waals surface area contributed by atoms with Gasteiger partial charge in [0.1, 0.15) is 0 Å². The average Bonchev–Trinajstić information content (AvgIpc) is 2.38. The minimum atomic E-state index is 0.0734. The molecule has 3 N–H and O–H groups in total. The van der Waals surface area contributed by atoms with E-state index in [-0.39, 0.29) is 6.04 Å². The molecule has 0 fully saturated rings. The fraction of sp³-hybridized carbons (Fsp3) is 0.312. The standard InChI is InChI=1S/C16H20BrN3/c1-10-6-11(2)16(12(3)7-10)15(20-18)8-14-5-4-13(17)9-19-14/h4-7,9,15,20H,8,18H2,1-3H3. The summed E-state index contributed by atoms with van der Waals surface area (Å²) in [5, 5.41) is 0. The SMILES string of the molecule is Cc1cc(C)c(C(Cc2ccc(Br)cn2)NN)c(C)c1. The Kier molecular flexibility index (Phi) is 4.91. The van der Waals surface area contributed by atoms with E-state index in [1.807, 2.05) is 18.3 Å². The Morgan fingerprint density at radius 2 is 1.85 bits per heavy atom. The Morgan fingerprint density at radius 3 is 2.35 bits per heavy atom. The second kappa shape index (κ2) is 6.48. The van der Waals surface area contributed by atoms with Gasteiger partial charge in [-0.3, -0.25) is 16.3 Å². The van der Waals surface area contributed by atoms with Crippen molar-refractivity contribution >= 4 is 15.9 Å². The summed E-state index contributed by atoms with van der Waals surface area (Å²) < 4.78 is 0.987. The van der Waals surface area contributed by atoms with E-state index in [1.54, 1.807) is 0 Å². The average molecular weight is 334 g/mol. The van der Waals surface area contributed by atoms with Crippen LogP contribution in [0.5, 0.6) is 0 Å². The summed E-state index contributed by atoms with van der Waals surface area (Å²) in [5.41, 5.74) is 9.03. The molecule has 0 spiro atoms. The smallest absolute Gasteiger partial charge is 0.0520 e. The first-order valence-electron chi connectivity index (χ1n) is 6.65. The highest BCUT2D eigenvalue weighted by Crippen LogP contribution is 2.25. The highest BCUT2D eigenvalue weighted by molar-refractivity contribution is 9.10. The third-order valence-corrected chi connectivity index (χ3v) is 3.96. The molecule has 0 saturated heterocycles. The monoisotopic (exact) mass is 333 g/mol. The Labute approximate surface area is 128 Å². The minimum absolute atomic E-state index is 0.0734. The van der Waals surface area contributed by atoms with Crippen LogP contribution in [0.4, 0.5) is 0 Å². The van der Waals surface area contributed by atoms with Gasteiger partial charge in [-0.2, -0.15) is 0 Å². The van der Waals surface area contributed by atoms with Gasteiger partial charge in [0.15, 0.2) is 0 Å². The Balaban J connectivity index is 2.31. The number of pyridine rings is 1. The van der Waals surface area contributed by atoms with Crippen LogP contribution < -0.4 is 11.3 Å². The predicted molar refractivity (Wildman–Crippen MR) is 86.4 cm³/mol. The molecule has 0 aliphatic rings. The number of hydrogen-bond donors (Lipinski definition) is 2. The van der Waals surface area contributed by atoms with Crippen LogP contribution in [0.3, 0.4) is 0 Å². The number of nitrogens with one attached hydrogen (secondary N) is 1. The summed E-state index contributed by atoms with van der Waals surface area (Å²) in [6.07, 6.45) is 2.59. The second-order valence-corrected chi connectivity index (χ2v) is 6.12. The van der Waals surface area contributed by atoms with E-state index >= 15 is 0 Å². The molecule has 0 saturated carbocycles. The number of hydrazine groups is 1. The third-order valence-electron chi connectivity index (χ3n) is 3.49. The van der Waals surface area contributed by atoms with Gasteiger partial charge in [0.2, 0.25) is 0 Å². The molecule has 3 nitrogen and oxygen atoms in total. The second-order valence-electron chi connectivity index (χ2n) is 5.20. The van der Waals surface area contributed by atoms with Crippen molar-refractivity contribution in [2.45, 2.75) is 33.2 Å². The summed E-state index contributed by atoms with van der Waals surface area (Å²) in [7, 11) is 0. The van der Waals surface area contributed by atoms with E-state index in [2.05, 4.69) is 59.2 Å². The van der Waals surface area contributed by atoms with E-state index in [4.69, 9.17) is 5.84 Å². The zero-order valence-electron chi connectivity index (χ0n) is 12.1. The lowest BCUT2D eigenvalue weighted by atomic mass is 9.92. The van der Waals surface area contributed by atoms with Crippen LogP contribution in [0.2, 0.25) is 0 Å². The fourth-order valence-corrected chi connectivity index (χ4v) is 2.96. The van der Waals surface area contributed by atoms with Gasteiger partial charge in [0, 0.05) is 22.8 Å². The summed E-state index contributed by atoms with van der Waals surface area (Å²) in [6, 6.07) is 8.49. The van der Waals surface area contributed by atoms with E-state index in [0.717, 1.165) is 16.6 Å². The van der Waals surface area contributed by atoms with Crippen LogP contribution in [0.1, 0.15) is 34.0 Å². The molecule has 0 radical (unpaired) electrons. The molecule has 4 heteroatoms. The van der Waals surface area contributed by atoms with Crippen molar-refractivity contribution in [3.8, 4) is 0 Å². The van der Waals surface area contributed by atoms with Gasteiger partial charge < -0.3 is 0 Å². The van der Waals surface area contributed by atoms with Gasteiger partial charge in [-0.25, -0.2) is 0 Å². The largest absolute Gasteiger partial charge is 0.271 e. The van der Waals surface area contributed by atoms with Gasteiger partial charge in [-0.05, 0) is 65.5 Å². The molecular formula is C16H20BrN3. The Hall–Kier alpha value is -1.23. The molecule has 2 aromatic rings. The molecule has 0 amide bonds. The Bertz CT molecular complexity index is 570. The molecule has 106 valence electrons. The first-order chi connectivity index (χ1) is 9.51. The number of nitrogens with zero attached hydrogens (tertiary/aromatic N) is 1. The summed E-state index contributed by atoms with van der Waals surface area (Å²) in [6.45, 7) is 6.38. The number of aryl methyl sites for hydroxylation is 3. The number of halogens is 1. The van der Waals surface area contributed by atoms with Gasteiger partial charge in [0.25, 0.3) is 0 Å². The van der Waals surface area contributed by atoms with Crippen molar-refractivity contribution in [3.63, 3.8) is 0 Å². The van der Waals surface area contributed by atoms with Crippen molar-refractivity contribution in [1.29, 1.82) is 0 Å². The Morgan fingerprint density at radius 1 is 1.20 bits per heavy atom. The topological polar surface area (TPSA) is 50.9 Å². The normalized spacial score (nSPS) is 12.4. The molecule has 1 unspecified atom stereocenters. The van der Waals surface area contributed by atoms with Crippen molar-refractivity contribution in [2.75, 3.05) is 0 Å². The van der Waals surface area contributed by atoms with Crippen molar-refractivity contribution in [2.24, 2.45) is 5.84 Å². The van der Waals surface area contributed by atoms with Crippen molar-refractivity contribution in [1.82, 2.24) is 10.4 Å². The highest BCUT2D eigenvalue weighted by atomic mass is 79.9. The van der Waals surface area contributed by atoms with Gasteiger partial charge in [0.05, 0.1) is 6.04 Å². The minimum Gasteiger partial charge on any atom is -0.271 e. The van der Waals surface area contributed by atoms with Crippen LogP contribution in [0, 0.1) is 20.8 Å². The summed E-state index contributed by atoms with van der Waals surface area (Å²) in [4.78, 5) is 4.43. The van der Waals surface area contributed by atoms with E-state index in [9.17, 15) is 0 Å². The quantitative estimate of drug-likeness (QED) is 0.664. The van der Waals surface area contributed by atoms with Crippen LogP contribution in [0.15, 0.2) is 34.9 Å². The first-order valence-corrected chi connectivity index (χ1v) is 7.45.